The third kappa shape index (κ3) is 3.18. The van der Waals surface area contributed by atoms with Crippen LogP contribution in [-0.4, -0.2) is 21.9 Å². The number of thiophene rings is 2. The number of nitrogens with zero attached hydrogens (tertiary/aromatic N) is 1. The minimum Gasteiger partial charge on any atom is -0.474 e. The van der Waals surface area contributed by atoms with Crippen molar-refractivity contribution in [2.24, 2.45) is 0 Å². The topological polar surface area (TPSA) is 57.6 Å². The van der Waals surface area contributed by atoms with Crippen molar-refractivity contribution in [1.29, 1.82) is 0 Å². The van der Waals surface area contributed by atoms with Crippen LogP contribution in [0.1, 0.15) is 9.75 Å². The zero-order chi connectivity index (χ0) is 13.0. The Hall–Kier alpha value is -1.66. The molecule has 2 aromatic rings. The number of hydrogen-bond donors (Lipinski definition) is 1. The van der Waals surface area contributed by atoms with Crippen molar-refractivity contribution >= 4 is 34.6 Å². The lowest BCUT2D eigenvalue weighted by Gasteiger charge is -2.19. The van der Waals surface area contributed by atoms with Gasteiger partial charge in [0.25, 0.3) is 0 Å². The first kappa shape index (κ1) is 12.8. The van der Waals surface area contributed by atoms with Gasteiger partial charge in [0, 0.05) is 9.75 Å². The molecule has 0 spiro atoms. The highest BCUT2D eigenvalue weighted by molar-refractivity contribution is 7.10. The Morgan fingerprint density at radius 2 is 1.56 bits per heavy atom. The molecule has 0 aliphatic heterocycles. The van der Waals surface area contributed by atoms with E-state index in [1.165, 1.54) is 27.6 Å². The highest BCUT2D eigenvalue weighted by Crippen LogP contribution is 2.17. The molecule has 0 bridgehead atoms. The number of carboxylic acids is 1. The minimum atomic E-state index is -1.41. The first-order valence-corrected chi connectivity index (χ1v) is 6.99. The van der Waals surface area contributed by atoms with Crippen LogP contribution in [-0.2, 0) is 22.7 Å². The summed E-state index contributed by atoms with van der Waals surface area (Å²) in [5.74, 6) is -2.28. The van der Waals surface area contributed by atoms with Gasteiger partial charge >= 0.3 is 11.9 Å². The molecule has 1 N–H and O–H groups in total. The molecule has 6 heteroatoms. The Morgan fingerprint density at radius 1 is 1.06 bits per heavy atom. The third-order valence-corrected chi connectivity index (χ3v) is 4.05. The van der Waals surface area contributed by atoms with E-state index < -0.39 is 11.9 Å². The molecule has 2 aromatic heterocycles. The standard InChI is InChI=1S/C12H11NO3S2/c14-11(12(15)16)13(7-9-3-1-5-17-9)8-10-4-2-6-18-10/h1-6H,7-8H2,(H,15,16). The Morgan fingerprint density at radius 3 is 1.89 bits per heavy atom. The number of rotatable bonds is 4. The van der Waals surface area contributed by atoms with E-state index in [1.54, 1.807) is 0 Å². The Labute approximate surface area is 112 Å². The summed E-state index contributed by atoms with van der Waals surface area (Å²) in [7, 11) is 0. The largest absolute Gasteiger partial charge is 0.474 e. The lowest BCUT2D eigenvalue weighted by molar-refractivity contribution is -0.156. The van der Waals surface area contributed by atoms with Crippen LogP contribution >= 0.6 is 22.7 Å². The molecule has 18 heavy (non-hydrogen) atoms. The summed E-state index contributed by atoms with van der Waals surface area (Å²) in [6, 6.07) is 7.55. The van der Waals surface area contributed by atoms with Crippen molar-refractivity contribution in [3.05, 3.63) is 44.8 Å². The maximum Gasteiger partial charge on any atom is 0.394 e. The monoisotopic (exact) mass is 281 g/mol. The molecule has 2 rings (SSSR count). The average Bonchev–Trinajstić information content (AvgIpc) is 2.99. The molecule has 4 nitrogen and oxygen atoms in total. The zero-order valence-electron chi connectivity index (χ0n) is 9.41. The van der Waals surface area contributed by atoms with Crippen LogP contribution in [0.2, 0.25) is 0 Å². The van der Waals surface area contributed by atoms with Crippen LogP contribution in [0.25, 0.3) is 0 Å². The normalized spacial score (nSPS) is 10.2. The lowest BCUT2D eigenvalue weighted by Crippen LogP contribution is -2.35. The number of hydrogen-bond acceptors (Lipinski definition) is 4. The fourth-order valence-corrected chi connectivity index (χ4v) is 2.95. The SMILES string of the molecule is O=C(O)C(=O)N(Cc1cccs1)Cc1cccs1. The zero-order valence-corrected chi connectivity index (χ0v) is 11.0. The second-order valence-electron chi connectivity index (χ2n) is 3.63. The van der Waals surface area contributed by atoms with Gasteiger partial charge in [-0.15, -0.1) is 22.7 Å². The first-order valence-electron chi connectivity index (χ1n) is 5.24. The summed E-state index contributed by atoms with van der Waals surface area (Å²) in [5, 5.41) is 12.6. The average molecular weight is 281 g/mol. The summed E-state index contributed by atoms with van der Waals surface area (Å²) < 4.78 is 0. The first-order chi connectivity index (χ1) is 8.66. The lowest BCUT2D eigenvalue weighted by atomic mass is 10.3. The molecule has 0 aliphatic carbocycles. The van der Waals surface area contributed by atoms with Gasteiger partial charge in [-0.3, -0.25) is 4.79 Å². The summed E-state index contributed by atoms with van der Waals surface area (Å²) in [4.78, 5) is 25.7. The van der Waals surface area contributed by atoms with E-state index in [1.807, 2.05) is 35.0 Å². The van der Waals surface area contributed by atoms with E-state index in [-0.39, 0.29) is 0 Å². The van der Waals surface area contributed by atoms with E-state index in [0.717, 1.165) is 9.75 Å². The molecule has 2 heterocycles. The second kappa shape index (κ2) is 5.79. The summed E-state index contributed by atoms with van der Waals surface area (Å²) in [6.07, 6.45) is 0. The highest BCUT2D eigenvalue weighted by atomic mass is 32.1. The molecule has 0 atom stereocenters. The smallest absolute Gasteiger partial charge is 0.394 e. The second-order valence-corrected chi connectivity index (χ2v) is 5.69. The van der Waals surface area contributed by atoms with E-state index in [9.17, 15) is 9.59 Å². The third-order valence-electron chi connectivity index (χ3n) is 2.32. The van der Waals surface area contributed by atoms with Gasteiger partial charge < -0.3 is 10.0 Å². The van der Waals surface area contributed by atoms with Crippen molar-refractivity contribution in [3.8, 4) is 0 Å². The van der Waals surface area contributed by atoms with Crippen molar-refractivity contribution in [2.45, 2.75) is 13.1 Å². The molecule has 0 unspecified atom stereocenters. The molecule has 0 radical (unpaired) electrons. The fraction of sp³-hybridized carbons (Fsp3) is 0.167. The summed E-state index contributed by atoms with van der Waals surface area (Å²) in [6.45, 7) is 0.668. The predicted octanol–water partition coefficient (Wildman–Crippen LogP) is 2.42. The molecular formula is C12H11NO3S2. The Kier molecular flexibility index (Phi) is 4.11. The van der Waals surface area contributed by atoms with Crippen molar-refractivity contribution in [3.63, 3.8) is 0 Å². The van der Waals surface area contributed by atoms with Crippen LogP contribution < -0.4 is 0 Å². The number of carbonyl (C=O) groups excluding carboxylic acids is 1. The van der Waals surface area contributed by atoms with Crippen LogP contribution in [0.4, 0.5) is 0 Å². The minimum absolute atomic E-state index is 0.334. The van der Waals surface area contributed by atoms with Crippen LogP contribution in [0.3, 0.4) is 0 Å². The molecule has 0 aromatic carbocycles. The molecule has 0 saturated heterocycles. The maximum absolute atomic E-state index is 11.6. The summed E-state index contributed by atoms with van der Waals surface area (Å²) in [5.41, 5.74) is 0. The maximum atomic E-state index is 11.6. The van der Waals surface area contributed by atoms with Gasteiger partial charge in [-0.1, -0.05) is 12.1 Å². The molecule has 94 valence electrons. The summed E-state index contributed by atoms with van der Waals surface area (Å²) >= 11 is 3.02. The fourth-order valence-electron chi connectivity index (χ4n) is 1.52. The number of carboxylic acid groups (broad SMARTS) is 1. The van der Waals surface area contributed by atoms with Crippen molar-refractivity contribution in [1.82, 2.24) is 4.90 Å². The number of amides is 1. The predicted molar refractivity (Wildman–Crippen MR) is 70.5 cm³/mol. The molecule has 0 aliphatic rings. The van der Waals surface area contributed by atoms with E-state index in [4.69, 9.17) is 5.11 Å². The molecular weight excluding hydrogens is 270 g/mol. The van der Waals surface area contributed by atoms with Crippen LogP contribution in [0, 0.1) is 0 Å². The van der Waals surface area contributed by atoms with Crippen LogP contribution in [0.15, 0.2) is 35.0 Å². The van der Waals surface area contributed by atoms with Gasteiger partial charge in [0.1, 0.15) is 0 Å². The van der Waals surface area contributed by atoms with Gasteiger partial charge in [-0.05, 0) is 22.9 Å². The van der Waals surface area contributed by atoms with Gasteiger partial charge in [-0.25, -0.2) is 4.79 Å². The van der Waals surface area contributed by atoms with E-state index >= 15 is 0 Å². The van der Waals surface area contributed by atoms with Gasteiger partial charge in [0.05, 0.1) is 13.1 Å². The van der Waals surface area contributed by atoms with Gasteiger partial charge in [-0.2, -0.15) is 0 Å². The molecule has 0 saturated carbocycles. The molecule has 1 amide bonds. The van der Waals surface area contributed by atoms with Gasteiger partial charge in [0.15, 0.2) is 0 Å². The Balaban J connectivity index is 2.12. The van der Waals surface area contributed by atoms with E-state index in [2.05, 4.69) is 0 Å². The van der Waals surface area contributed by atoms with Crippen LogP contribution in [0.5, 0.6) is 0 Å². The Bertz CT molecular complexity index is 483. The number of aliphatic carboxylic acids is 1. The quantitative estimate of drug-likeness (QED) is 0.876. The molecule has 0 fully saturated rings. The van der Waals surface area contributed by atoms with Crippen molar-refractivity contribution < 1.29 is 14.7 Å². The van der Waals surface area contributed by atoms with Crippen molar-refractivity contribution in [2.75, 3.05) is 0 Å². The van der Waals surface area contributed by atoms with Gasteiger partial charge in [0.2, 0.25) is 0 Å². The highest BCUT2D eigenvalue weighted by Gasteiger charge is 2.21. The van der Waals surface area contributed by atoms with E-state index in [0.29, 0.717) is 13.1 Å². The number of carbonyl (C=O) groups is 2.